The van der Waals surface area contributed by atoms with Crippen molar-refractivity contribution in [1.82, 2.24) is 19.9 Å². The molecule has 8 nitrogen and oxygen atoms in total. The Morgan fingerprint density at radius 1 is 0.892 bits per heavy atom. The van der Waals surface area contributed by atoms with Crippen molar-refractivity contribution in [2.45, 2.75) is 32.6 Å². The molecular formula is C29H34N6O2. The van der Waals surface area contributed by atoms with E-state index in [0.717, 1.165) is 41.0 Å². The maximum absolute atomic E-state index is 6.02. The van der Waals surface area contributed by atoms with E-state index in [4.69, 9.17) is 9.47 Å². The van der Waals surface area contributed by atoms with E-state index in [1.165, 1.54) is 37.9 Å². The first-order valence-electron chi connectivity index (χ1n) is 12.9. The van der Waals surface area contributed by atoms with Gasteiger partial charge in [0.2, 0.25) is 5.95 Å². The van der Waals surface area contributed by atoms with Gasteiger partial charge in [-0.2, -0.15) is 4.98 Å². The van der Waals surface area contributed by atoms with Gasteiger partial charge in [-0.25, -0.2) is 4.98 Å². The number of benzene rings is 2. The number of rotatable bonds is 10. The smallest absolute Gasteiger partial charge is 0.229 e. The lowest BCUT2D eigenvalue weighted by molar-refractivity contribution is 0.203. The van der Waals surface area contributed by atoms with Gasteiger partial charge in [-0.15, -0.1) is 0 Å². The molecule has 0 spiro atoms. The van der Waals surface area contributed by atoms with Gasteiger partial charge in [0.05, 0.1) is 31.1 Å². The molecule has 0 aliphatic carbocycles. The molecule has 4 aromatic rings. The van der Waals surface area contributed by atoms with Crippen LogP contribution >= 0.6 is 0 Å². The highest BCUT2D eigenvalue weighted by atomic mass is 16.5. The first-order chi connectivity index (χ1) is 18.2. The third-order valence-corrected chi connectivity index (χ3v) is 6.51. The number of nitrogens with zero attached hydrogens (tertiary/aromatic N) is 4. The van der Waals surface area contributed by atoms with E-state index < -0.39 is 0 Å². The quantitative estimate of drug-likeness (QED) is 0.254. The second kappa shape index (κ2) is 11.9. The van der Waals surface area contributed by atoms with Gasteiger partial charge in [-0.1, -0.05) is 18.1 Å². The van der Waals surface area contributed by atoms with Crippen LogP contribution in [0.15, 0.2) is 60.9 Å². The number of fused-ring (bicyclic) bond motifs is 1. The van der Waals surface area contributed by atoms with Crippen molar-refractivity contribution in [3.05, 3.63) is 66.5 Å². The van der Waals surface area contributed by atoms with E-state index in [0.29, 0.717) is 24.1 Å². The fraction of sp³-hybridized carbons (Fsp3) is 0.345. The van der Waals surface area contributed by atoms with Crippen LogP contribution in [0.1, 0.15) is 31.2 Å². The number of nitrogens with one attached hydrogen (secondary N) is 2. The minimum atomic E-state index is 0.479. The molecule has 1 aliphatic heterocycles. The molecule has 2 aromatic heterocycles. The Morgan fingerprint density at radius 3 is 2.65 bits per heavy atom. The van der Waals surface area contributed by atoms with Gasteiger partial charge >= 0.3 is 0 Å². The summed E-state index contributed by atoms with van der Waals surface area (Å²) in [5.41, 5.74) is 3.84. The Kier molecular flexibility index (Phi) is 7.96. The molecule has 2 N–H and O–H groups in total. The lowest BCUT2D eigenvalue weighted by atomic mass is 10.1. The fourth-order valence-electron chi connectivity index (χ4n) is 4.60. The molecule has 37 heavy (non-hydrogen) atoms. The molecule has 0 saturated carbocycles. The standard InChI is InChI=1S/C29H34N6O2/c1-21-7-9-25-22(17-21)18-24(20-31-25)32-28-11-12-30-29(34-28)33-23-8-10-26(27(19-23)36-2)37-16-6-15-35-13-4-3-5-14-35/h7-12,17-20H,3-6,13-16H2,1-2H3,(H2,30,32,33,34). The number of methoxy groups -OCH3 is 1. The summed E-state index contributed by atoms with van der Waals surface area (Å²) in [7, 11) is 1.65. The summed E-state index contributed by atoms with van der Waals surface area (Å²) < 4.78 is 11.6. The second-order valence-corrected chi connectivity index (χ2v) is 9.41. The summed E-state index contributed by atoms with van der Waals surface area (Å²) >= 11 is 0. The van der Waals surface area contributed by atoms with Gasteiger partial charge in [0, 0.05) is 29.9 Å². The van der Waals surface area contributed by atoms with Crippen LogP contribution in [0.3, 0.4) is 0 Å². The molecule has 0 unspecified atom stereocenters. The molecule has 3 heterocycles. The van der Waals surface area contributed by atoms with Crippen molar-refractivity contribution in [3.8, 4) is 11.5 Å². The molecule has 8 heteroatoms. The highest BCUT2D eigenvalue weighted by Gasteiger charge is 2.11. The maximum atomic E-state index is 6.02. The molecule has 0 bridgehead atoms. The topological polar surface area (TPSA) is 84.4 Å². The average Bonchev–Trinajstić information content (AvgIpc) is 2.92. The van der Waals surface area contributed by atoms with Crippen molar-refractivity contribution in [2.24, 2.45) is 0 Å². The number of anilines is 4. The van der Waals surface area contributed by atoms with Crippen LogP contribution in [0.5, 0.6) is 11.5 Å². The van der Waals surface area contributed by atoms with Gasteiger partial charge in [-0.05, 0) is 75.7 Å². The first-order valence-corrected chi connectivity index (χ1v) is 12.9. The zero-order valence-corrected chi connectivity index (χ0v) is 21.5. The van der Waals surface area contributed by atoms with Gasteiger partial charge in [-0.3, -0.25) is 4.98 Å². The second-order valence-electron chi connectivity index (χ2n) is 9.41. The normalized spacial score (nSPS) is 13.9. The highest BCUT2D eigenvalue weighted by Crippen LogP contribution is 2.31. The molecule has 1 saturated heterocycles. The van der Waals surface area contributed by atoms with Gasteiger partial charge < -0.3 is 25.0 Å². The number of pyridine rings is 1. The highest BCUT2D eigenvalue weighted by molar-refractivity contribution is 5.83. The zero-order valence-electron chi connectivity index (χ0n) is 21.5. The van der Waals surface area contributed by atoms with Gasteiger partial charge in [0.25, 0.3) is 0 Å². The van der Waals surface area contributed by atoms with E-state index in [2.05, 4.69) is 55.6 Å². The molecule has 192 valence electrons. The summed E-state index contributed by atoms with van der Waals surface area (Å²) in [5, 5.41) is 7.66. The van der Waals surface area contributed by atoms with Crippen LogP contribution in [0.25, 0.3) is 10.9 Å². The lowest BCUT2D eigenvalue weighted by Gasteiger charge is -2.26. The van der Waals surface area contributed by atoms with Crippen molar-refractivity contribution < 1.29 is 9.47 Å². The van der Waals surface area contributed by atoms with Crippen LogP contribution in [0.2, 0.25) is 0 Å². The van der Waals surface area contributed by atoms with Crippen LogP contribution in [0.4, 0.5) is 23.1 Å². The Balaban J connectivity index is 1.20. The summed E-state index contributed by atoms with van der Waals surface area (Å²) in [5.74, 6) is 2.57. The maximum Gasteiger partial charge on any atom is 0.229 e. The van der Waals surface area contributed by atoms with Crippen molar-refractivity contribution >= 4 is 34.0 Å². The minimum absolute atomic E-state index is 0.479. The molecule has 0 atom stereocenters. The zero-order chi connectivity index (χ0) is 25.5. The predicted octanol–water partition coefficient (Wildman–Crippen LogP) is 6.08. The average molecular weight is 499 g/mol. The monoisotopic (exact) mass is 498 g/mol. The van der Waals surface area contributed by atoms with E-state index in [9.17, 15) is 0 Å². The van der Waals surface area contributed by atoms with Crippen LogP contribution in [-0.2, 0) is 0 Å². The lowest BCUT2D eigenvalue weighted by Crippen LogP contribution is -2.31. The predicted molar refractivity (Wildman–Crippen MR) is 148 cm³/mol. The number of piperidine rings is 1. The Labute approximate surface area is 218 Å². The minimum Gasteiger partial charge on any atom is -0.493 e. The van der Waals surface area contributed by atoms with Crippen LogP contribution < -0.4 is 20.1 Å². The molecule has 5 rings (SSSR count). The number of ether oxygens (including phenoxy) is 2. The van der Waals surface area contributed by atoms with Gasteiger partial charge in [0.15, 0.2) is 11.5 Å². The third-order valence-electron chi connectivity index (χ3n) is 6.51. The molecule has 2 aromatic carbocycles. The number of aryl methyl sites for hydroxylation is 1. The number of hydrogen-bond acceptors (Lipinski definition) is 8. The Morgan fingerprint density at radius 2 is 1.78 bits per heavy atom. The van der Waals surface area contributed by atoms with E-state index in [1.807, 2.05) is 36.5 Å². The largest absolute Gasteiger partial charge is 0.493 e. The molecule has 0 amide bonds. The number of hydrogen-bond donors (Lipinski definition) is 2. The first kappa shape index (κ1) is 24.8. The Bertz CT molecular complexity index is 1340. The van der Waals surface area contributed by atoms with Crippen molar-refractivity contribution in [2.75, 3.05) is 44.0 Å². The molecule has 1 aliphatic rings. The molecular weight excluding hydrogens is 464 g/mol. The fourth-order valence-corrected chi connectivity index (χ4v) is 4.60. The molecule has 0 radical (unpaired) electrons. The molecule has 1 fully saturated rings. The number of aromatic nitrogens is 3. The summed E-state index contributed by atoms with van der Waals surface area (Å²) in [6.45, 7) is 6.24. The van der Waals surface area contributed by atoms with E-state index >= 15 is 0 Å². The Hall–Kier alpha value is -3.91. The van der Waals surface area contributed by atoms with Crippen LogP contribution in [0, 0.1) is 6.92 Å². The number of likely N-dealkylation sites (tertiary alicyclic amines) is 1. The van der Waals surface area contributed by atoms with E-state index in [-0.39, 0.29) is 0 Å². The third kappa shape index (κ3) is 6.65. The van der Waals surface area contributed by atoms with Gasteiger partial charge in [0.1, 0.15) is 5.82 Å². The van der Waals surface area contributed by atoms with Crippen LogP contribution in [-0.4, -0.2) is 53.2 Å². The van der Waals surface area contributed by atoms with Crippen molar-refractivity contribution in [1.29, 1.82) is 0 Å². The van der Waals surface area contributed by atoms with E-state index in [1.54, 1.807) is 13.3 Å². The summed E-state index contributed by atoms with van der Waals surface area (Å²) in [6, 6.07) is 15.9. The summed E-state index contributed by atoms with van der Waals surface area (Å²) in [6.07, 6.45) is 8.51. The van der Waals surface area contributed by atoms with Crippen molar-refractivity contribution in [3.63, 3.8) is 0 Å². The SMILES string of the molecule is COc1cc(Nc2nccc(Nc3cnc4ccc(C)cc4c3)n2)ccc1OCCCN1CCCCC1. The summed E-state index contributed by atoms with van der Waals surface area (Å²) in [4.78, 5) is 16.0.